The van der Waals surface area contributed by atoms with Gasteiger partial charge in [-0.15, -0.1) is 0 Å². The number of carbonyl (C=O) groups excluding carboxylic acids is 1. The smallest absolute Gasteiger partial charge is 0.340 e. The van der Waals surface area contributed by atoms with Crippen LogP contribution in [0.15, 0.2) is 12.3 Å². The Morgan fingerprint density at radius 2 is 2.17 bits per heavy atom. The highest BCUT2D eigenvalue weighted by atomic mass is 16.5. The van der Waals surface area contributed by atoms with E-state index in [4.69, 9.17) is 15.2 Å². The van der Waals surface area contributed by atoms with Crippen molar-refractivity contribution >= 4 is 11.7 Å². The molecule has 2 N–H and O–H groups in total. The van der Waals surface area contributed by atoms with Gasteiger partial charge in [-0.05, 0) is 13.3 Å². The first-order valence-corrected chi connectivity index (χ1v) is 6.24. The number of aromatic nitrogens is 1. The molecule has 0 saturated carbocycles. The van der Waals surface area contributed by atoms with Crippen LogP contribution >= 0.6 is 0 Å². The van der Waals surface area contributed by atoms with Crippen molar-refractivity contribution in [3.8, 4) is 5.88 Å². The van der Waals surface area contributed by atoms with Crippen molar-refractivity contribution in [2.24, 2.45) is 0 Å². The molecular formula is C13H20N2O3. The van der Waals surface area contributed by atoms with Crippen molar-refractivity contribution in [2.75, 3.05) is 18.9 Å². The molecule has 0 aliphatic carbocycles. The number of nitrogens with two attached hydrogens (primary N) is 1. The number of hydrogen-bond acceptors (Lipinski definition) is 5. The summed E-state index contributed by atoms with van der Waals surface area (Å²) in [5, 5.41) is 0. The van der Waals surface area contributed by atoms with Crippen molar-refractivity contribution in [3.05, 3.63) is 17.8 Å². The van der Waals surface area contributed by atoms with Gasteiger partial charge in [0.2, 0.25) is 5.88 Å². The highest BCUT2D eigenvalue weighted by Crippen LogP contribution is 2.17. The molecule has 0 bridgehead atoms. The highest BCUT2D eigenvalue weighted by molar-refractivity contribution is 5.95. The van der Waals surface area contributed by atoms with Crippen molar-refractivity contribution in [2.45, 2.75) is 33.1 Å². The number of nitrogens with zero attached hydrogens (tertiary/aromatic N) is 1. The second-order valence-corrected chi connectivity index (χ2v) is 3.89. The van der Waals surface area contributed by atoms with Gasteiger partial charge in [-0.25, -0.2) is 9.78 Å². The van der Waals surface area contributed by atoms with E-state index in [1.165, 1.54) is 12.3 Å². The summed E-state index contributed by atoms with van der Waals surface area (Å²) in [6.45, 7) is 4.78. The number of pyridine rings is 1. The normalized spacial score (nSPS) is 10.1. The fourth-order valence-corrected chi connectivity index (χ4v) is 1.44. The Morgan fingerprint density at radius 1 is 1.39 bits per heavy atom. The third-order valence-electron chi connectivity index (χ3n) is 2.40. The predicted molar refractivity (Wildman–Crippen MR) is 69.6 cm³/mol. The third kappa shape index (κ3) is 4.24. The largest absolute Gasteiger partial charge is 0.478 e. The van der Waals surface area contributed by atoms with Crippen molar-refractivity contribution in [1.29, 1.82) is 0 Å². The van der Waals surface area contributed by atoms with Gasteiger partial charge in [-0.1, -0.05) is 19.8 Å². The van der Waals surface area contributed by atoms with Gasteiger partial charge in [0.1, 0.15) is 0 Å². The Hall–Kier alpha value is -1.78. The van der Waals surface area contributed by atoms with E-state index in [0.29, 0.717) is 30.3 Å². The molecule has 100 valence electrons. The highest BCUT2D eigenvalue weighted by Gasteiger charge is 2.12. The third-order valence-corrected chi connectivity index (χ3v) is 2.40. The summed E-state index contributed by atoms with van der Waals surface area (Å²) in [6.07, 6.45) is 4.63. The minimum Gasteiger partial charge on any atom is -0.478 e. The second kappa shape index (κ2) is 7.53. The maximum atomic E-state index is 11.6. The summed E-state index contributed by atoms with van der Waals surface area (Å²) < 4.78 is 10.4. The van der Waals surface area contributed by atoms with Crippen LogP contribution in [-0.2, 0) is 4.74 Å². The van der Waals surface area contributed by atoms with Crippen LogP contribution in [0.5, 0.6) is 5.88 Å². The number of rotatable bonds is 7. The standard InChI is InChI=1S/C13H20N2O3/c1-3-5-6-7-18-12-8-10(11(14)9-15-12)13(16)17-4-2/h8-9H,3-7,14H2,1-2H3. The van der Waals surface area contributed by atoms with Gasteiger partial charge in [-0.3, -0.25) is 0 Å². The molecule has 0 aliphatic rings. The Morgan fingerprint density at radius 3 is 2.83 bits per heavy atom. The van der Waals surface area contributed by atoms with Crippen LogP contribution in [0.2, 0.25) is 0 Å². The van der Waals surface area contributed by atoms with Crippen LogP contribution in [0.4, 0.5) is 5.69 Å². The Bertz CT molecular complexity index is 394. The lowest BCUT2D eigenvalue weighted by atomic mass is 10.2. The molecule has 0 amide bonds. The van der Waals surface area contributed by atoms with Gasteiger partial charge >= 0.3 is 5.97 Å². The van der Waals surface area contributed by atoms with E-state index in [1.54, 1.807) is 6.92 Å². The molecule has 0 aliphatic heterocycles. The summed E-state index contributed by atoms with van der Waals surface area (Å²) >= 11 is 0. The van der Waals surface area contributed by atoms with Crippen LogP contribution in [-0.4, -0.2) is 24.2 Å². The van der Waals surface area contributed by atoms with Gasteiger partial charge in [0, 0.05) is 6.07 Å². The van der Waals surface area contributed by atoms with E-state index < -0.39 is 5.97 Å². The molecule has 18 heavy (non-hydrogen) atoms. The number of carbonyl (C=O) groups is 1. The Labute approximate surface area is 107 Å². The molecule has 0 fully saturated rings. The first kappa shape index (κ1) is 14.3. The molecule has 0 atom stereocenters. The zero-order valence-electron chi connectivity index (χ0n) is 10.9. The van der Waals surface area contributed by atoms with Crippen LogP contribution in [0.1, 0.15) is 43.5 Å². The molecule has 1 rings (SSSR count). The van der Waals surface area contributed by atoms with E-state index in [-0.39, 0.29) is 0 Å². The van der Waals surface area contributed by atoms with Crippen molar-refractivity contribution < 1.29 is 14.3 Å². The molecule has 0 spiro atoms. The minimum absolute atomic E-state index is 0.300. The average molecular weight is 252 g/mol. The van der Waals surface area contributed by atoms with E-state index in [9.17, 15) is 4.79 Å². The van der Waals surface area contributed by atoms with E-state index >= 15 is 0 Å². The van der Waals surface area contributed by atoms with Gasteiger partial charge in [0.15, 0.2) is 0 Å². The zero-order chi connectivity index (χ0) is 13.4. The van der Waals surface area contributed by atoms with Gasteiger partial charge < -0.3 is 15.2 Å². The summed E-state index contributed by atoms with van der Waals surface area (Å²) in [7, 11) is 0. The molecule has 1 aromatic rings. The molecule has 5 heteroatoms. The maximum Gasteiger partial charge on any atom is 0.340 e. The molecule has 0 saturated heterocycles. The van der Waals surface area contributed by atoms with Gasteiger partial charge in [0.05, 0.1) is 30.7 Å². The van der Waals surface area contributed by atoms with E-state index in [1.807, 2.05) is 0 Å². The van der Waals surface area contributed by atoms with Gasteiger partial charge in [0.25, 0.3) is 0 Å². The lowest BCUT2D eigenvalue weighted by Crippen LogP contribution is -2.09. The fraction of sp³-hybridized carbons (Fsp3) is 0.538. The SMILES string of the molecule is CCCCCOc1cc(C(=O)OCC)c(N)cn1. The lowest BCUT2D eigenvalue weighted by Gasteiger charge is -2.08. The average Bonchev–Trinajstić information content (AvgIpc) is 2.36. The van der Waals surface area contributed by atoms with Crippen LogP contribution in [0, 0.1) is 0 Å². The minimum atomic E-state index is -0.448. The van der Waals surface area contributed by atoms with Crippen LogP contribution in [0.25, 0.3) is 0 Å². The number of anilines is 1. The zero-order valence-corrected chi connectivity index (χ0v) is 10.9. The molecule has 5 nitrogen and oxygen atoms in total. The number of ether oxygens (including phenoxy) is 2. The van der Waals surface area contributed by atoms with Gasteiger partial charge in [-0.2, -0.15) is 0 Å². The molecule has 0 unspecified atom stereocenters. The molecule has 1 heterocycles. The number of unbranched alkanes of at least 4 members (excludes halogenated alkanes) is 2. The summed E-state index contributed by atoms with van der Waals surface area (Å²) in [5.41, 5.74) is 6.28. The molecule has 1 aromatic heterocycles. The fourth-order valence-electron chi connectivity index (χ4n) is 1.44. The van der Waals surface area contributed by atoms with Crippen LogP contribution in [0.3, 0.4) is 0 Å². The number of hydrogen-bond donors (Lipinski definition) is 1. The Balaban J connectivity index is 2.65. The lowest BCUT2D eigenvalue weighted by molar-refractivity contribution is 0.0527. The monoisotopic (exact) mass is 252 g/mol. The number of nitrogen functional groups attached to an aromatic ring is 1. The molecule has 0 radical (unpaired) electrons. The van der Waals surface area contributed by atoms with Crippen molar-refractivity contribution in [3.63, 3.8) is 0 Å². The first-order valence-electron chi connectivity index (χ1n) is 6.24. The Kier molecular flexibility index (Phi) is 5.97. The second-order valence-electron chi connectivity index (χ2n) is 3.89. The summed E-state index contributed by atoms with van der Waals surface area (Å²) in [6, 6.07) is 1.53. The quantitative estimate of drug-likeness (QED) is 0.595. The number of esters is 1. The maximum absolute atomic E-state index is 11.6. The van der Waals surface area contributed by atoms with Crippen molar-refractivity contribution in [1.82, 2.24) is 4.98 Å². The predicted octanol–water partition coefficient (Wildman–Crippen LogP) is 2.41. The molecule has 0 aromatic carbocycles. The topological polar surface area (TPSA) is 74.4 Å². The summed E-state index contributed by atoms with van der Waals surface area (Å²) in [4.78, 5) is 15.6. The molecular weight excluding hydrogens is 232 g/mol. The summed E-state index contributed by atoms with van der Waals surface area (Å²) in [5.74, 6) is -0.0424. The first-order chi connectivity index (χ1) is 8.69. The van der Waals surface area contributed by atoms with E-state index in [0.717, 1.165) is 19.3 Å². The van der Waals surface area contributed by atoms with E-state index in [2.05, 4.69) is 11.9 Å². The van der Waals surface area contributed by atoms with Crippen LogP contribution < -0.4 is 10.5 Å².